The van der Waals surface area contributed by atoms with Gasteiger partial charge in [-0.15, -0.1) is 0 Å². The summed E-state index contributed by atoms with van der Waals surface area (Å²) in [5.41, 5.74) is 3.01. The first-order chi connectivity index (χ1) is 11.8. The summed E-state index contributed by atoms with van der Waals surface area (Å²) in [5.74, 6) is 7.47. The molecule has 4 bridgehead atoms. The van der Waals surface area contributed by atoms with E-state index in [1.165, 1.54) is 47.6 Å². The maximum absolute atomic E-state index is 6.00. The first-order valence-corrected chi connectivity index (χ1v) is 9.50. The fourth-order valence-electron chi connectivity index (χ4n) is 7.37. The Morgan fingerprint density at radius 1 is 0.750 bits per heavy atom. The second-order valence-electron chi connectivity index (χ2n) is 8.38. The molecule has 6 atom stereocenters. The third-order valence-corrected chi connectivity index (χ3v) is 7.83. The van der Waals surface area contributed by atoms with Crippen LogP contribution in [-0.4, -0.2) is 14.2 Å². The van der Waals surface area contributed by atoms with Gasteiger partial charge in [0.05, 0.1) is 14.2 Å². The van der Waals surface area contributed by atoms with Gasteiger partial charge >= 0.3 is 0 Å². The zero-order valence-electron chi connectivity index (χ0n) is 14.4. The van der Waals surface area contributed by atoms with Crippen LogP contribution >= 0.6 is 0 Å². The summed E-state index contributed by atoms with van der Waals surface area (Å²) in [6.07, 6.45) is 5.76. The van der Waals surface area contributed by atoms with Gasteiger partial charge in [-0.05, 0) is 61.2 Å². The molecule has 3 saturated carbocycles. The Morgan fingerprint density at radius 2 is 1.25 bits per heavy atom. The highest BCUT2D eigenvalue weighted by Gasteiger charge is 2.62. The van der Waals surface area contributed by atoms with Crippen molar-refractivity contribution < 1.29 is 9.47 Å². The van der Waals surface area contributed by atoms with Gasteiger partial charge in [0.1, 0.15) is 11.5 Å². The van der Waals surface area contributed by atoms with Gasteiger partial charge in [-0.3, -0.25) is 0 Å². The molecule has 0 heterocycles. The van der Waals surface area contributed by atoms with Crippen molar-refractivity contribution >= 4 is 10.8 Å². The predicted molar refractivity (Wildman–Crippen MR) is 95.0 cm³/mol. The maximum Gasteiger partial charge on any atom is 0.130 e. The Morgan fingerprint density at radius 3 is 1.71 bits per heavy atom. The number of fused-ring (bicyclic) bond motifs is 13. The van der Waals surface area contributed by atoms with E-state index in [1.54, 1.807) is 0 Å². The van der Waals surface area contributed by atoms with Gasteiger partial charge in [0.15, 0.2) is 0 Å². The molecule has 2 aromatic carbocycles. The van der Waals surface area contributed by atoms with Crippen molar-refractivity contribution in [3.63, 3.8) is 0 Å². The normalized spacial score (nSPS) is 37.8. The standard InChI is InChI=1S/C22H24O2/c1-23-21-13-5-3-4-6-14(13)22(24-2)20-16-10-15(19(20)21)17-11-7-8-12(9-11)18(16)17/h3-6,11-12,15-18H,7-10H2,1-2H3/t11-,12+,15-,16+,17+,18-. The lowest BCUT2D eigenvalue weighted by Crippen LogP contribution is -2.28. The van der Waals surface area contributed by atoms with E-state index in [1.807, 2.05) is 14.2 Å². The van der Waals surface area contributed by atoms with Gasteiger partial charge in [-0.1, -0.05) is 24.3 Å². The minimum atomic E-state index is 0.707. The number of benzene rings is 2. The minimum absolute atomic E-state index is 0.707. The SMILES string of the molecule is COc1c2c(c(OC)c3ccccc13)[C@@H]1C[C@H]2[C@H]2[C@H]3CC[C@H](C3)[C@H]21. The van der Waals surface area contributed by atoms with Gasteiger partial charge in [0.25, 0.3) is 0 Å². The average Bonchev–Trinajstić information content (AvgIpc) is 3.37. The van der Waals surface area contributed by atoms with Gasteiger partial charge in [0.2, 0.25) is 0 Å². The van der Waals surface area contributed by atoms with E-state index in [0.29, 0.717) is 11.8 Å². The van der Waals surface area contributed by atoms with E-state index in [2.05, 4.69) is 24.3 Å². The summed E-state index contributed by atoms with van der Waals surface area (Å²) in [6, 6.07) is 8.62. The Bertz CT molecular complexity index is 786. The molecular formula is C22H24O2. The van der Waals surface area contributed by atoms with Crippen LogP contribution in [0.15, 0.2) is 24.3 Å². The molecular weight excluding hydrogens is 296 g/mol. The van der Waals surface area contributed by atoms with E-state index in [4.69, 9.17) is 9.47 Å². The Kier molecular flexibility index (Phi) is 2.53. The highest BCUT2D eigenvalue weighted by atomic mass is 16.5. The molecule has 0 spiro atoms. The zero-order chi connectivity index (χ0) is 16.0. The van der Waals surface area contributed by atoms with Crippen LogP contribution in [0.25, 0.3) is 10.8 Å². The summed E-state index contributed by atoms with van der Waals surface area (Å²) < 4.78 is 12.0. The summed E-state index contributed by atoms with van der Waals surface area (Å²) in [7, 11) is 3.69. The van der Waals surface area contributed by atoms with Crippen molar-refractivity contribution in [1.29, 1.82) is 0 Å². The summed E-state index contributed by atoms with van der Waals surface area (Å²) in [4.78, 5) is 0. The second kappa shape index (κ2) is 4.47. The van der Waals surface area contributed by atoms with Gasteiger partial charge < -0.3 is 9.47 Å². The Hall–Kier alpha value is -1.70. The van der Waals surface area contributed by atoms with E-state index < -0.39 is 0 Å². The molecule has 0 radical (unpaired) electrons. The van der Waals surface area contributed by atoms with Gasteiger partial charge in [-0.25, -0.2) is 0 Å². The van der Waals surface area contributed by atoms with Crippen molar-refractivity contribution in [1.82, 2.24) is 0 Å². The van der Waals surface area contributed by atoms with Crippen molar-refractivity contribution in [2.45, 2.75) is 37.5 Å². The summed E-state index contributed by atoms with van der Waals surface area (Å²) in [5, 5.41) is 2.45. The first kappa shape index (κ1) is 13.6. The molecule has 2 heteroatoms. The number of rotatable bonds is 2. The van der Waals surface area contributed by atoms with E-state index in [0.717, 1.165) is 35.2 Å². The molecule has 2 nitrogen and oxygen atoms in total. The monoisotopic (exact) mass is 320 g/mol. The molecule has 4 aliphatic rings. The summed E-state index contributed by atoms with van der Waals surface area (Å²) in [6.45, 7) is 0. The largest absolute Gasteiger partial charge is 0.496 e. The maximum atomic E-state index is 6.00. The van der Waals surface area contributed by atoms with E-state index in [9.17, 15) is 0 Å². The fraction of sp³-hybridized carbons (Fsp3) is 0.545. The highest BCUT2D eigenvalue weighted by Crippen LogP contribution is 2.74. The lowest BCUT2D eigenvalue weighted by Gasteiger charge is -2.37. The number of hydrogen-bond acceptors (Lipinski definition) is 2. The third-order valence-electron chi connectivity index (χ3n) is 7.83. The molecule has 0 amide bonds. The lowest BCUT2D eigenvalue weighted by atomic mass is 9.68. The first-order valence-electron chi connectivity index (χ1n) is 9.50. The van der Waals surface area contributed by atoms with Crippen LogP contribution < -0.4 is 9.47 Å². The van der Waals surface area contributed by atoms with E-state index >= 15 is 0 Å². The molecule has 2 aromatic rings. The molecule has 0 unspecified atom stereocenters. The lowest BCUT2D eigenvalue weighted by molar-refractivity contribution is 0.214. The van der Waals surface area contributed by atoms with Crippen molar-refractivity contribution in [2.75, 3.05) is 14.2 Å². The highest BCUT2D eigenvalue weighted by molar-refractivity contribution is 5.97. The van der Waals surface area contributed by atoms with Crippen LogP contribution in [-0.2, 0) is 0 Å². The predicted octanol–water partition coefficient (Wildman–Crippen LogP) is 5.10. The zero-order valence-corrected chi connectivity index (χ0v) is 14.4. The Balaban J connectivity index is 1.68. The smallest absolute Gasteiger partial charge is 0.130 e. The molecule has 0 N–H and O–H groups in total. The summed E-state index contributed by atoms with van der Waals surface area (Å²) >= 11 is 0. The van der Waals surface area contributed by atoms with Crippen molar-refractivity contribution in [3.8, 4) is 11.5 Å². The molecule has 3 fully saturated rings. The molecule has 4 aliphatic carbocycles. The molecule has 0 saturated heterocycles. The van der Waals surface area contributed by atoms with Crippen LogP contribution in [0.2, 0.25) is 0 Å². The molecule has 0 aromatic heterocycles. The van der Waals surface area contributed by atoms with Crippen molar-refractivity contribution in [3.05, 3.63) is 35.4 Å². The quantitative estimate of drug-likeness (QED) is 0.716. The number of hydrogen-bond donors (Lipinski definition) is 0. The Labute approximate surface area is 143 Å². The number of ether oxygens (including phenoxy) is 2. The molecule has 6 rings (SSSR count). The van der Waals surface area contributed by atoms with Crippen LogP contribution in [0, 0.1) is 23.7 Å². The minimum Gasteiger partial charge on any atom is -0.496 e. The fourth-order valence-corrected chi connectivity index (χ4v) is 7.37. The average molecular weight is 320 g/mol. The van der Waals surface area contributed by atoms with Crippen LogP contribution in [0.1, 0.15) is 48.6 Å². The van der Waals surface area contributed by atoms with Crippen molar-refractivity contribution in [2.24, 2.45) is 23.7 Å². The molecule has 124 valence electrons. The van der Waals surface area contributed by atoms with Crippen LogP contribution in [0.4, 0.5) is 0 Å². The van der Waals surface area contributed by atoms with Crippen LogP contribution in [0.5, 0.6) is 11.5 Å². The topological polar surface area (TPSA) is 18.5 Å². The molecule has 0 aliphatic heterocycles. The van der Waals surface area contributed by atoms with Gasteiger partial charge in [0, 0.05) is 21.9 Å². The number of methoxy groups -OCH3 is 2. The van der Waals surface area contributed by atoms with Crippen LogP contribution in [0.3, 0.4) is 0 Å². The molecule has 24 heavy (non-hydrogen) atoms. The van der Waals surface area contributed by atoms with Gasteiger partial charge in [-0.2, -0.15) is 0 Å². The third kappa shape index (κ3) is 1.37. The second-order valence-corrected chi connectivity index (χ2v) is 8.38. The van der Waals surface area contributed by atoms with E-state index in [-0.39, 0.29) is 0 Å².